The maximum atomic E-state index is 12.2. The Balaban J connectivity index is 1.94. The molecule has 6 nitrogen and oxygen atoms in total. The van der Waals surface area contributed by atoms with Crippen LogP contribution < -0.4 is 10.5 Å². The normalized spacial score (nSPS) is 10.9. The van der Waals surface area contributed by atoms with Gasteiger partial charge in [0, 0.05) is 24.3 Å². The van der Waals surface area contributed by atoms with Gasteiger partial charge in [-0.15, -0.1) is 0 Å². The largest absolute Gasteiger partial charge is 0.395 e. The van der Waals surface area contributed by atoms with Crippen LogP contribution in [0.4, 0.5) is 5.69 Å². The van der Waals surface area contributed by atoms with E-state index in [2.05, 4.69) is 9.97 Å². The maximum Gasteiger partial charge on any atom is 0.259 e. The first-order chi connectivity index (χ1) is 11.7. The van der Waals surface area contributed by atoms with E-state index in [0.29, 0.717) is 29.8 Å². The summed E-state index contributed by atoms with van der Waals surface area (Å²) >= 11 is 0. The zero-order valence-corrected chi connectivity index (χ0v) is 13.1. The van der Waals surface area contributed by atoms with Crippen LogP contribution in [0.5, 0.6) is 0 Å². The van der Waals surface area contributed by atoms with E-state index >= 15 is 0 Å². The predicted molar refractivity (Wildman–Crippen MR) is 94.2 cm³/mol. The summed E-state index contributed by atoms with van der Waals surface area (Å²) in [4.78, 5) is 21.4. The van der Waals surface area contributed by atoms with Crippen molar-refractivity contribution in [1.29, 1.82) is 0 Å². The molecule has 2 aromatic carbocycles. The van der Waals surface area contributed by atoms with Crippen LogP contribution in [0.1, 0.15) is 0 Å². The van der Waals surface area contributed by atoms with Gasteiger partial charge in [0.1, 0.15) is 5.82 Å². The second-order valence-corrected chi connectivity index (χ2v) is 5.41. The van der Waals surface area contributed by atoms with Crippen molar-refractivity contribution in [3.63, 3.8) is 0 Å². The molecule has 24 heavy (non-hydrogen) atoms. The summed E-state index contributed by atoms with van der Waals surface area (Å²) in [7, 11) is 0. The fourth-order valence-corrected chi connectivity index (χ4v) is 2.66. The van der Waals surface area contributed by atoms with E-state index in [9.17, 15) is 4.79 Å². The number of aromatic nitrogens is 2. The molecule has 3 rings (SSSR count). The minimum atomic E-state index is -0.165. The Kier molecular flexibility index (Phi) is 4.88. The second kappa shape index (κ2) is 7.25. The lowest BCUT2D eigenvalue weighted by molar-refractivity contribution is 0.281. The van der Waals surface area contributed by atoms with Crippen LogP contribution in [-0.2, 0) is 0 Å². The summed E-state index contributed by atoms with van der Waals surface area (Å²) < 4.78 is 0. The minimum absolute atomic E-state index is 0.0152. The van der Waals surface area contributed by atoms with Gasteiger partial charge >= 0.3 is 0 Å². The molecule has 0 bridgehead atoms. The molecule has 0 amide bonds. The third-order valence-electron chi connectivity index (χ3n) is 3.86. The smallest absolute Gasteiger partial charge is 0.259 e. The molecule has 124 valence electrons. The number of hydrogen-bond donors (Lipinski definition) is 3. The monoisotopic (exact) mass is 325 g/mol. The van der Waals surface area contributed by atoms with Crippen molar-refractivity contribution in [1.82, 2.24) is 9.97 Å². The standard InChI is InChI=1S/C18H19N3O3/c22-11-9-21(10-12-23)14-7-5-13(6-8-14)17-19-16-4-2-1-3-15(16)18(24)20-17/h1-8,22-23H,9-12H2,(H,19,20,24). The number of nitrogens with one attached hydrogen (secondary N) is 1. The van der Waals surface area contributed by atoms with E-state index in [4.69, 9.17) is 10.2 Å². The molecule has 0 aliphatic rings. The van der Waals surface area contributed by atoms with E-state index in [1.54, 1.807) is 6.07 Å². The van der Waals surface area contributed by atoms with Crippen LogP contribution in [0.3, 0.4) is 0 Å². The van der Waals surface area contributed by atoms with Crippen LogP contribution in [0, 0.1) is 0 Å². The van der Waals surface area contributed by atoms with Gasteiger partial charge < -0.3 is 20.1 Å². The van der Waals surface area contributed by atoms with Crippen molar-refractivity contribution in [2.45, 2.75) is 0 Å². The molecule has 0 aliphatic heterocycles. The summed E-state index contributed by atoms with van der Waals surface area (Å²) in [5, 5.41) is 18.8. The van der Waals surface area contributed by atoms with Crippen LogP contribution in [0.2, 0.25) is 0 Å². The van der Waals surface area contributed by atoms with Crippen molar-refractivity contribution in [3.05, 3.63) is 58.9 Å². The lowest BCUT2D eigenvalue weighted by Crippen LogP contribution is -2.29. The van der Waals surface area contributed by atoms with Crippen molar-refractivity contribution in [3.8, 4) is 11.4 Å². The first-order valence-electron chi connectivity index (χ1n) is 7.79. The van der Waals surface area contributed by atoms with E-state index < -0.39 is 0 Å². The van der Waals surface area contributed by atoms with Crippen molar-refractivity contribution < 1.29 is 10.2 Å². The summed E-state index contributed by atoms with van der Waals surface area (Å²) in [6, 6.07) is 14.7. The van der Waals surface area contributed by atoms with Gasteiger partial charge in [0.05, 0.1) is 24.1 Å². The summed E-state index contributed by atoms with van der Waals surface area (Å²) in [5.41, 5.74) is 2.18. The molecule has 6 heteroatoms. The topological polar surface area (TPSA) is 89.5 Å². The highest BCUT2D eigenvalue weighted by atomic mass is 16.3. The molecule has 0 radical (unpaired) electrons. The van der Waals surface area contributed by atoms with Gasteiger partial charge in [-0.1, -0.05) is 12.1 Å². The fourth-order valence-electron chi connectivity index (χ4n) is 2.66. The van der Waals surface area contributed by atoms with Gasteiger partial charge in [-0.2, -0.15) is 0 Å². The molecule has 0 atom stereocenters. The van der Waals surface area contributed by atoms with Gasteiger partial charge in [-0.25, -0.2) is 4.98 Å². The summed E-state index contributed by atoms with van der Waals surface area (Å²) in [5.74, 6) is 0.515. The lowest BCUT2D eigenvalue weighted by atomic mass is 10.1. The van der Waals surface area contributed by atoms with E-state index in [0.717, 1.165) is 11.3 Å². The Bertz CT molecular complexity index is 869. The van der Waals surface area contributed by atoms with Gasteiger partial charge in [0.2, 0.25) is 0 Å². The van der Waals surface area contributed by atoms with Crippen LogP contribution in [0.25, 0.3) is 22.3 Å². The first-order valence-corrected chi connectivity index (χ1v) is 7.79. The maximum absolute atomic E-state index is 12.2. The number of anilines is 1. The Morgan fingerprint density at radius 1 is 0.958 bits per heavy atom. The number of hydrogen-bond acceptors (Lipinski definition) is 5. The summed E-state index contributed by atoms with van der Waals surface area (Å²) in [6.45, 7) is 0.929. The number of nitrogens with zero attached hydrogens (tertiary/aromatic N) is 2. The van der Waals surface area contributed by atoms with Crippen molar-refractivity contribution in [2.75, 3.05) is 31.2 Å². The molecule has 0 saturated heterocycles. The SMILES string of the molecule is O=c1[nH]c(-c2ccc(N(CCO)CCO)cc2)nc2ccccc12. The molecule has 0 spiro atoms. The van der Waals surface area contributed by atoms with Gasteiger partial charge in [-0.05, 0) is 36.4 Å². The van der Waals surface area contributed by atoms with Gasteiger partial charge in [-0.3, -0.25) is 4.79 Å². The average molecular weight is 325 g/mol. The molecular formula is C18H19N3O3. The molecule has 3 aromatic rings. The van der Waals surface area contributed by atoms with Gasteiger partial charge in [0.25, 0.3) is 5.56 Å². The van der Waals surface area contributed by atoms with E-state index in [1.807, 2.05) is 47.4 Å². The summed E-state index contributed by atoms with van der Waals surface area (Å²) in [6.07, 6.45) is 0. The number of H-pyrrole nitrogens is 1. The zero-order chi connectivity index (χ0) is 16.9. The Hall–Kier alpha value is -2.70. The van der Waals surface area contributed by atoms with Crippen molar-refractivity contribution in [2.24, 2.45) is 0 Å². The number of aromatic amines is 1. The molecule has 1 aromatic heterocycles. The van der Waals surface area contributed by atoms with Crippen molar-refractivity contribution >= 4 is 16.6 Å². The van der Waals surface area contributed by atoms with Gasteiger partial charge in [0.15, 0.2) is 0 Å². The van der Waals surface area contributed by atoms with E-state index in [1.165, 1.54) is 0 Å². The molecule has 0 saturated carbocycles. The molecule has 1 heterocycles. The molecule has 0 aliphatic carbocycles. The van der Waals surface area contributed by atoms with Crippen LogP contribution in [0.15, 0.2) is 53.3 Å². The highest BCUT2D eigenvalue weighted by Gasteiger charge is 2.08. The number of rotatable bonds is 6. The zero-order valence-electron chi connectivity index (χ0n) is 13.1. The Morgan fingerprint density at radius 2 is 1.62 bits per heavy atom. The minimum Gasteiger partial charge on any atom is -0.395 e. The fraction of sp³-hybridized carbons (Fsp3) is 0.222. The molecule has 3 N–H and O–H groups in total. The number of para-hydroxylation sites is 1. The second-order valence-electron chi connectivity index (χ2n) is 5.41. The third kappa shape index (κ3) is 3.29. The third-order valence-corrected chi connectivity index (χ3v) is 3.86. The van der Waals surface area contributed by atoms with Crippen LogP contribution in [-0.4, -0.2) is 46.5 Å². The number of benzene rings is 2. The molecule has 0 unspecified atom stereocenters. The average Bonchev–Trinajstić information content (AvgIpc) is 2.62. The molecular weight excluding hydrogens is 306 g/mol. The quantitative estimate of drug-likeness (QED) is 0.637. The molecule has 0 fully saturated rings. The van der Waals surface area contributed by atoms with Crippen LogP contribution >= 0.6 is 0 Å². The Labute approximate surface area is 139 Å². The Morgan fingerprint density at radius 3 is 2.29 bits per heavy atom. The highest BCUT2D eigenvalue weighted by molar-refractivity contribution is 5.79. The first kappa shape index (κ1) is 16.2. The number of aliphatic hydroxyl groups is 2. The number of aliphatic hydroxyl groups excluding tert-OH is 2. The highest BCUT2D eigenvalue weighted by Crippen LogP contribution is 2.21. The lowest BCUT2D eigenvalue weighted by Gasteiger charge is -2.23. The number of fused-ring (bicyclic) bond motifs is 1. The van der Waals surface area contributed by atoms with E-state index in [-0.39, 0.29) is 18.8 Å². The predicted octanol–water partition coefficient (Wildman–Crippen LogP) is 1.38.